The number of thioether (sulfide) groups is 2. The minimum atomic E-state index is -1.66. The molecule has 4 aliphatic heterocycles. The number of fused-ring (bicyclic) bond motifs is 3. The van der Waals surface area contributed by atoms with E-state index in [1.165, 1.54) is 11.8 Å². The fourth-order valence-corrected chi connectivity index (χ4v) is 3.55. The topological polar surface area (TPSA) is 154 Å². The Hall–Kier alpha value is 2.67. The fraction of sp³-hybridized carbons (Fsp3) is 0.875. The molecule has 0 unspecified atom stereocenters. The van der Waals surface area contributed by atoms with Gasteiger partial charge in [0.2, 0.25) is 5.79 Å². The third kappa shape index (κ3) is 9.73. The second kappa shape index (κ2) is 17.2. The number of rotatable bonds is 7. The van der Waals surface area contributed by atoms with Crippen LogP contribution in [-0.2, 0) is 33.3 Å². The van der Waals surface area contributed by atoms with Crippen molar-refractivity contribution in [3.8, 4) is 0 Å². The van der Waals surface area contributed by atoms with Crippen molar-refractivity contribution in [1.29, 1.82) is 0 Å². The van der Waals surface area contributed by atoms with Gasteiger partial charge in [0.1, 0.15) is 18.2 Å². The molecule has 0 aromatic carbocycles. The van der Waals surface area contributed by atoms with E-state index in [0.29, 0.717) is 25.4 Å². The number of esters is 1. The van der Waals surface area contributed by atoms with Crippen LogP contribution in [0, 0.1) is 0 Å². The average Bonchev–Trinajstić information content (AvgIpc) is 2.68. The molecule has 4 fully saturated rings. The molecule has 30 heavy (non-hydrogen) atoms. The summed E-state index contributed by atoms with van der Waals surface area (Å²) < 4.78 is 25.8. The van der Waals surface area contributed by atoms with Crippen LogP contribution in [0.5, 0.6) is 0 Å². The summed E-state index contributed by atoms with van der Waals surface area (Å²) in [5.41, 5.74) is 0. The first-order valence-electron chi connectivity index (χ1n) is 8.52. The second-order valence-corrected chi connectivity index (χ2v) is 8.18. The van der Waals surface area contributed by atoms with E-state index >= 15 is 0 Å². The quantitative estimate of drug-likeness (QED) is 0.251. The van der Waals surface area contributed by atoms with Gasteiger partial charge in [0.05, 0.1) is 26.4 Å². The van der Waals surface area contributed by atoms with Crippen LogP contribution in [0.1, 0.15) is 12.8 Å². The summed E-state index contributed by atoms with van der Waals surface area (Å²) in [7, 11) is 0. The summed E-state index contributed by atoms with van der Waals surface area (Å²) in [5, 5.41) is 19.9. The Morgan fingerprint density at radius 3 is 1.97 bits per heavy atom. The number of carboxylic acid groups (broad SMARTS) is 1. The molecule has 4 rings (SSSR count). The minimum absolute atomic E-state index is 0. The largest absolute Gasteiger partial charge is 1.00 e. The number of aliphatic hydroxyl groups is 1. The molecule has 0 radical (unpaired) electrons. The van der Waals surface area contributed by atoms with Crippen molar-refractivity contribution >= 4 is 35.5 Å². The smallest absolute Gasteiger partial charge is 0.870 e. The van der Waals surface area contributed by atoms with Crippen molar-refractivity contribution in [3.05, 3.63) is 0 Å². The fourth-order valence-electron chi connectivity index (χ4n) is 2.61. The second-order valence-electron chi connectivity index (χ2n) is 6.20. The molecule has 0 atom stereocenters. The predicted molar refractivity (Wildman–Crippen MR) is 98.1 cm³/mol. The first-order chi connectivity index (χ1) is 12.9. The normalized spacial score (nSPS) is 31.6. The van der Waals surface area contributed by atoms with E-state index in [0.717, 1.165) is 5.75 Å². The monoisotopic (exact) mass is 520 g/mol. The van der Waals surface area contributed by atoms with E-state index in [1.807, 2.05) is 12.5 Å². The molecule has 4 heterocycles. The van der Waals surface area contributed by atoms with Crippen LogP contribution < -0.4 is 108 Å². The van der Waals surface area contributed by atoms with Crippen molar-refractivity contribution in [2.75, 3.05) is 50.4 Å². The Morgan fingerprint density at radius 2 is 1.53 bits per heavy atom. The van der Waals surface area contributed by atoms with Crippen LogP contribution in [0.25, 0.3) is 0 Å². The Bertz CT molecular complexity index is 507. The number of aliphatic carboxylic acids is 1. The van der Waals surface area contributed by atoms with Gasteiger partial charge in [-0.3, -0.25) is 0 Å². The van der Waals surface area contributed by atoms with Crippen LogP contribution in [0.4, 0.5) is 0 Å². The average molecular weight is 521 g/mol. The Morgan fingerprint density at radius 1 is 1.03 bits per heavy atom. The maximum atomic E-state index is 11.4. The molecule has 2 N–H and O–H groups in total. The molecule has 0 aromatic rings. The summed E-state index contributed by atoms with van der Waals surface area (Å²) >= 11 is 3.16. The summed E-state index contributed by atoms with van der Waals surface area (Å²) in [6.07, 6.45) is 3.69. The molecule has 2 bridgehead atoms. The van der Waals surface area contributed by atoms with Crippen molar-refractivity contribution in [3.63, 3.8) is 0 Å². The number of carboxylic acids is 1. The molecule has 0 spiro atoms. The summed E-state index contributed by atoms with van der Waals surface area (Å²) in [6, 6.07) is 0. The molecular weight excluding hydrogens is 494 g/mol. The molecule has 4 saturated heterocycles. The van der Waals surface area contributed by atoms with Gasteiger partial charge in [0, 0.05) is 12.8 Å². The van der Waals surface area contributed by atoms with Gasteiger partial charge in [-0.05, 0) is 24.0 Å². The molecule has 164 valence electrons. The minimum Gasteiger partial charge on any atom is -0.870 e. The standard InChI is InChI=1S/C8H14O5S.C8H12O4S.2K.H2O/c1-14-3-2-8(7(10)11)12-4-6(9)5-13-8;1-13-3-2-8-7(9)12-6(4-10-8)5-11-8;;;/h6,9H,2-5H2,1H3,(H,10,11);6H,2-5H2,1H3;;;1H2/q;;2*+1;/p-2. The predicted octanol–water partition coefficient (Wildman–Crippen LogP) is -7.17. The van der Waals surface area contributed by atoms with Crippen LogP contribution in [-0.4, -0.2) is 96.7 Å². The molecule has 0 aromatic heterocycles. The van der Waals surface area contributed by atoms with Gasteiger partial charge < -0.3 is 44.2 Å². The molecule has 10 nitrogen and oxygen atoms in total. The van der Waals surface area contributed by atoms with Crippen LogP contribution in [0.2, 0.25) is 0 Å². The van der Waals surface area contributed by atoms with E-state index in [4.69, 9.17) is 28.8 Å². The number of hydrogen-bond acceptors (Lipinski definition) is 12. The zero-order chi connectivity index (χ0) is 19.9. The first kappa shape index (κ1) is 34.8. The summed E-state index contributed by atoms with van der Waals surface area (Å²) in [5.74, 6) is -3.05. The maximum Gasteiger partial charge on any atom is 1.00 e. The molecular formula is C16H26K2O10S2. The summed E-state index contributed by atoms with van der Waals surface area (Å²) in [6.45, 7) is 0.894. The van der Waals surface area contributed by atoms with Crippen LogP contribution >= 0.6 is 23.5 Å². The van der Waals surface area contributed by atoms with Gasteiger partial charge in [-0.2, -0.15) is 23.5 Å². The van der Waals surface area contributed by atoms with E-state index in [2.05, 4.69) is 0 Å². The van der Waals surface area contributed by atoms with Crippen molar-refractivity contribution in [2.45, 2.75) is 36.6 Å². The van der Waals surface area contributed by atoms with Gasteiger partial charge in [-0.1, -0.05) is 0 Å². The van der Waals surface area contributed by atoms with Crippen LogP contribution in [0.15, 0.2) is 0 Å². The SMILES string of the molecule is CSCCC1(C(=O)[O-])OCC(O)CO1.CSCCC12OCC(CO1)OC2=O.[K+].[K+].[OH-]. The van der Waals surface area contributed by atoms with E-state index < -0.39 is 23.6 Å². The van der Waals surface area contributed by atoms with E-state index in [1.54, 1.807) is 11.8 Å². The third-order valence-electron chi connectivity index (χ3n) is 4.19. The van der Waals surface area contributed by atoms with Crippen molar-refractivity contribution in [2.24, 2.45) is 0 Å². The summed E-state index contributed by atoms with van der Waals surface area (Å²) in [4.78, 5) is 22.2. The Balaban J connectivity index is 0. The van der Waals surface area contributed by atoms with Gasteiger partial charge in [-0.15, -0.1) is 0 Å². The molecule has 0 amide bonds. The van der Waals surface area contributed by atoms with E-state index in [9.17, 15) is 14.7 Å². The zero-order valence-corrected chi connectivity index (χ0v) is 25.7. The van der Waals surface area contributed by atoms with E-state index in [-0.39, 0.29) is 140 Å². The first-order valence-corrected chi connectivity index (χ1v) is 11.3. The zero-order valence-electron chi connectivity index (χ0n) is 17.8. The van der Waals surface area contributed by atoms with Gasteiger partial charge in [-0.25, -0.2) is 4.79 Å². The third-order valence-corrected chi connectivity index (χ3v) is 5.41. The van der Waals surface area contributed by atoms with Gasteiger partial charge in [0.15, 0.2) is 0 Å². The van der Waals surface area contributed by atoms with Gasteiger partial charge >= 0.3 is 109 Å². The number of ether oxygens (including phenoxy) is 5. The van der Waals surface area contributed by atoms with Crippen molar-refractivity contribution < 1.29 is 152 Å². The number of aliphatic hydroxyl groups excluding tert-OH is 1. The van der Waals surface area contributed by atoms with Gasteiger partial charge in [0.25, 0.3) is 5.79 Å². The maximum absolute atomic E-state index is 11.4. The molecule has 0 aliphatic carbocycles. The van der Waals surface area contributed by atoms with Crippen LogP contribution in [0.3, 0.4) is 0 Å². The number of carbonyl (C=O) groups is 2. The Labute approximate surface area is 269 Å². The molecule has 4 aliphatic rings. The molecule has 0 saturated carbocycles. The Kier molecular flexibility index (Phi) is 19.9. The van der Waals surface area contributed by atoms with Crippen molar-refractivity contribution in [1.82, 2.24) is 0 Å². The number of hydrogen-bond donors (Lipinski definition) is 1. The molecule has 14 heteroatoms. The number of carbonyl (C=O) groups excluding carboxylic acids is 2.